The summed E-state index contributed by atoms with van der Waals surface area (Å²) < 4.78 is 5.58. The van der Waals surface area contributed by atoms with Crippen LogP contribution in [0.5, 0.6) is 5.75 Å². The second-order valence-corrected chi connectivity index (χ2v) is 7.33. The lowest BCUT2D eigenvalue weighted by Crippen LogP contribution is -2.48. The molecule has 0 atom stereocenters. The van der Waals surface area contributed by atoms with Crippen molar-refractivity contribution in [1.29, 1.82) is 5.26 Å². The van der Waals surface area contributed by atoms with Gasteiger partial charge >= 0.3 is 0 Å². The van der Waals surface area contributed by atoms with E-state index in [9.17, 15) is 4.79 Å². The van der Waals surface area contributed by atoms with Crippen molar-refractivity contribution < 1.29 is 9.53 Å². The third-order valence-corrected chi connectivity index (χ3v) is 5.27. The number of benzene rings is 2. The number of carbonyl (C=O) groups is 1. The number of nitriles is 1. The lowest BCUT2D eigenvalue weighted by atomic mass is 10.1. The van der Waals surface area contributed by atoms with Crippen LogP contribution >= 0.6 is 0 Å². The number of anilines is 1. The number of fused-ring (bicyclic) bond motifs is 1. The molecule has 0 aromatic heterocycles. The Kier molecular flexibility index (Phi) is 5.56. The first kappa shape index (κ1) is 18.5. The molecule has 1 N–H and O–H groups in total. The van der Waals surface area contributed by atoms with E-state index in [1.807, 2.05) is 0 Å². The minimum Gasteiger partial charge on any atom is -0.493 e. The van der Waals surface area contributed by atoms with Crippen LogP contribution < -0.4 is 10.1 Å². The molecule has 2 aliphatic rings. The molecule has 0 saturated carbocycles. The fourth-order valence-electron chi connectivity index (χ4n) is 3.77. The summed E-state index contributed by atoms with van der Waals surface area (Å²) in [6.45, 7) is 5.75. The predicted molar refractivity (Wildman–Crippen MR) is 107 cm³/mol. The Morgan fingerprint density at radius 3 is 2.75 bits per heavy atom. The number of hydrogen-bond donors (Lipinski definition) is 1. The summed E-state index contributed by atoms with van der Waals surface area (Å²) in [5.74, 6) is 0.988. The molecular formula is C22H24N4O2. The smallest absolute Gasteiger partial charge is 0.238 e. The van der Waals surface area contributed by atoms with Gasteiger partial charge in [-0.05, 0) is 35.4 Å². The van der Waals surface area contributed by atoms with Crippen molar-refractivity contribution in [2.45, 2.75) is 13.0 Å². The molecule has 28 heavy (non-hydrogen) atoms. The number of ether oxygens (including phenoxy) is 1. The maximum Gasteiger partial charge on any atom is 0.238 e. The van der Waals surface area contributed by atoms with E-state index in [1.54, 1.807) is 24.3 Å². The molecule has 1 saturated heterocycles. The number of hydrogen-bond acceptors (Lipinski definition) is 5. The van der Waals surface area contributed by atoms with Gasteiger partial charge in [-0.1, -0.05) is 18.2 Å². The number of rotatable bonds is 5. The average Bonchev–Trinajstić information content (AvgIpc) is 3.17. The van der Waals surface area contributed by atoms with E-state index >= 15 is 0 Å². The zero-order valence-corrected chi connectivity index (χ0v) is 15.9. The summed E-state index contributed by atoms with van der Waals surface area (Å²) in [6.07, 6.45) is 1.00. The molecule has 0 radical (unpaired) electrons. The highest BCUT2D eigenvalue weighted by molar-refractivity contribution is 5.92. The molecular weight excluding hydrogens is 352 g/mol. The van der Waals surface area contributed by atoms with Crippen LogP contribution in [0, 0.1) is 11.3 Å². The number of nitrogens with one attached hydrogen (secondary N) is 1. The number of nitrogens with zero attached hydrogens (tertiary/aromatic N) is 3. The maximum atomic E-state index is 12.3. The molecule has 2 heterocycles. The molecule has 1 amide bonds. The maximum absolute atomic E-state index is 12.3. The Morgan fingerprint density at radius 2 is 1.93 bits per heavy atom. The number of piperazine rings is 1. The normalized spacial score (nSPS) is 16.8. The van der Waals surface area contributed by atoms with E-state index in [4.69, 9.17) is 10.00 Å². The van der Waals surface area contributed by atoms with E-state index in [2.05, 4.69) is 39.4 Å². The Bertz CT molecular complexity index is 898. The third-order valence-electron chi connectivity index (χ3n) is 5.27. The highest BCUT2D eigenvalue weighted by Gasteiger charge is 2.20. The van der Waals surface area contributed by atoms with E-state index in [0.717, 1.165) is 51.5 Å². The Morgan fingerprint density at radius 1 is 1.11 bits per heavy atom. The summed E-state index contributed by atoms with van der Waals surface area (Å²) in [7, 11) is 0. The van der Waals surface area contributed by atoms with Crippen molar-refractivity contribution in [2.75, 3.05) is 44.6 Å². The lowest BCUT2D eigenvalue weighted by Gasteiger charge is -2.34. The van der Waals surface area contributed by atoms with Gasteiger partial charge in [0, 0.05) is 44.8 Å². The van der Waals surface area contributed by atoms with Crippen LogP contribution in [-0.2, 0) is 17.8 Å². The van der Waals surface area contributed by atoms with Crippen molar-refractivity contribution in [3.63, 3.8) is 0 Å². The monoisotopic (exact) mass is 376 g/mol. The second kappa shape index (κ2) is 8.42. The molecule has 0 bridgehead atoms. The first-order chi connectivity index (χ1) is 13.7. The van der Waals surface area contributed by atoms with Gasteiger partial charge in [-0.25, -0.2) is 0 Å². The average molecular weight is 376 g/mol. The Hall–Kier alpha value is -2.88. The SMILES string of the molecule is N#Cc1cccc(NC(=O)CN2CCN(Cc3ccc4c(c3)CCO4)CC2)c1. The van der Waals surface area contributed by atoms with E-state index < -0.39 is 0 Å². The van der Waals surface area contributed by atoms with Gasteiger partial charge in [-0.3, -0.25) is 14.6 Å². The van der Waals surface area contributed by atoms with Crippen LogP contribution in [0.15, 0.2) is 42.5 Å². The summed E-state index contributed by atoms with van der Waals surface area (Å²) in [4.78, 5) is 16.9. The lowest BCUT2D eigenvalue weighted by molar-refractivity contribution is -0.117. The van der Waals surface area contributed by atoms with Gasteiger partial charge in [-0.2, -0.15) is 5.26 Å². The summed E-state index contributed by atoms with van der Waals surface area (Å²) >= 11 is 0. The molecule has 144 valence electrons. The highest BCUT2D eigenvalue weighted by Crippen LogP contribution is 2.26. The van der Waals surface area contributed by atoms with Gasteiger partial charge in [0.2, 0.25) is 5.91 Å². The van der Waals surface area contributed by atoms with Crippen molar-refractivity contribution in [3.8, 4) is 11.8 Å². The Balaban J connectivity index is 1.24. The zero-order chi connectivity index (χ0) is 19.3. The summed E-state index contributed by atoms with van der Waals surface area (Å²) in [5, 5.41) is 11.8. The van der Waals surface area contributed by atoms with Gasteiger partial charge in [0.1, 0.15) is 5.75 Å². The van der Waals surface area contributed by atoms with Crippen molar-refractivity contribution in [2.24, 2.45) is 0 Å². The number of amides is 1. The fourth-order valence-corrected chi connectivity index (χ4v) is 3.77. The Labute approximate surface area is 165 Å². The molecule has 0 unspecified atom stereocenters. The first-order valence-corrected chi connectivity index (χ1v) is 9.69. The zero-order valence-electron chi connectivity index (χ0n) is 15.9. The van der Waals surface area contributed by atoms with Crippen molar-refractivity contribution in [1.82, 2.24) is 9.80 Å². The van der Waals surface area contributed by atoms with Crippen molar-refractivity contribution in [3.05, 3.63) is 59.2 Å². The number of carbonyl (C=O) groups excluding carboxylic acids is 1. The summed E-state index contributed by atoms with van der Waals surface area (Å²) in [6, 6.07) is 15.6. The van der Waals surface area contributed by atoms with Crippen LogP contribution in [0.2, 0.25) is 0 Å². The predicted octanol–water partition coefficient (Wildman–Crippen LogP) is 2.25. The van der Waals surface area contributed by atoms with Crippen LogP contribution in [0.1, 0.15) is 16.7 Å². The first-order valence-electron chi connectivity index (χ1n) is 9.69. The molecule has 0 spiro atoms. The molecule has 4 rings (SSSR count). The van der Waals surface area contributed by atoms with Crippen LogP contribution in [0.25, 0.3) is 0 Å². The second-order valence-electron chi connectivity index (χ2n) is 7.33. The van der Waals surface area contributed by atoms with Crippen LogP contribution in [0.4, 0.5) is 5.69 Å². The molecule has 1 fully saturated rings. The highest BCUT2D eigenvalue weighted by atomic mass is 16.5. The quantitative estimate of drug-likeness (QED) is 0.867. The van der Waals surface area contributed by atoms with Gasteiger partial charge in [0.15, 0.2) is 0 Å². The minimum atomic E-state index is -0.0397. The molecule has 0 aliphatic carbocycles. The minimum absolute atomic E-state index is 0.0397. The third kappa shape index (κ3) is 4.50. The van der Waals surface area contributed by atoms with E-state index in [0.29, 0.717) is 17.8 Å². The standard InChI is InChI=1S/C22H24N4O2/c23-14-17-2-1-3-20(13-17)24-22(27)16-26-9-7-25(8-10-26)15-18-4-5-21-19(12-18)6-11-28-21/h1-5,12-13H,6-11,15-16H2,(H,24,27). The van der Waals surface area contributed by atoms with Crippen LogP contribution in [0.3, 0.4) is 0 Å². The van der Waals surface area contributed by atoms with Crippen molar-refractivity contribution >= 4 is 11.6 Å². The molecule has 6 heteroatoms. The molecule has 2 aromatic rings. The summed E-state index contributed by atoms with van der Waals surface area (Å²) in [5.41, 5.74) is 3.86. The van der Waals surface area contributed by atoms with Gasteiger partial charge in [-0.15, -0.1) is 0 Å². The van der Waals surface area contributed by atoms with E-state index in [1.165, 1.54) is 11.1 Å². The largest absolute Gasteiger partial charge is 0.493 e. The molecule has 2 aromatic carbocycles. The fraction of sp³-hybridized carbons (Fsp3) is 0.364. The van der Waals surface area contributed by atoms with Gasteiger partial charge < -0.3 is 10.1 Å². The van der Waals surface area contributed by atoms with E-state index in [-0.39, 0.29) is 5.91 Å². The molecule has 6 nitrogen and oxygen atoms in total. The van der Waals surface area contributed by atoms with Gasteiger partial charge in [0.05, 0.1) is 24.8 Å². The van der Waals surface area contributed by atoms with Crippen LogP contribution in [-0.4, -0.2) is 55.0 Å². The van der Waals surface area contributed by atoms with Gasteiger partial charge in [0.25, 0.3) is 0 Å². The molecule has 2 aliphatic heterocycles. The topological polar surface area (TPSA) is 68.6 Å².